The van der Waals surface area contributed by atoms with Gasteiger partial charge in [0.15, 0.2) is 11.3 Å². The van der Waals surface area contributed by atoms with Gasteiger partial charge in [0.1, 0.15) is 11.4 Å². The van der Waals surface area contributed by atoms with Crippen molar-refractivity contribution >= 4 is 57.7 Å². The molecule has 0 aliphatic carbocycles. The maximum atomic E-state index is 6.62. The summed E-state index contributed by atoms with van der Waals surface area (Å²) < 4.78 is 10.9. The lowest BCUT2D eigenvalue weighted by Crippen LogP contribution is -2.12. The predicted octanol–water partition coefficient (Wildman–Crippen LogP) is 12.1. The van der Waals surface area contributed by atoms with Crippen molar-refractivity contribution in [3.63, 3.8) is 0 Å². The van der Waals surface area contributed by atoms with Crippen LogP contribution in [0, 0.1) is 0 Å². The van der Waals surface area contributed by atoms with Crippen molar-refractivity contribution < 1.29 is 4.74 Å². The summed E-state index contributed by atoms with van der Waals surface area (Å²) in [7, 11) is 0. The Morgan fingerprint density at radius 1 is 0.608 bits per heavy atom. The second-order valence-corrected chi connectivity index (χ2v) is 14.6. The van der Waals surface area contributed by atoms with Gasteiger partial charge in [0, 0.05) is 82.4 Å². The molecule has 0 saturated heterocycles. The lowest BCUT2D eigenvalue weighted by molar-refractivity contribution is 0.117. The number of halogens is 4. The fourth-order valence-electron chi connectivity index (χ4n) is 7.30. The van der Waals surface area contributed by atoms with E-state index in [1.807, 2.05) is 49.1 Å². The zero-order valence-corrected chi connectivity index (χ0v) is 32.6. The molecule has 2 aromatic carbocycles. The maximum Gasteiger partial charge on any atom is 0.164 e. The summed E-state index contributed by atoms with van der Waals surface area (Å²) in [6.07, 6.45) is 15.4. The minimum Gasteiger partial charge on any atom is -0.381 e. The highest BCUT2D eigenvalue weighted by molar-refractivity contribution is 6.37. The normalized spacial score (nSPS) is 13.0. The SMILES string of the molecule is CCCC(CCOCCC(CCC)c1c(CC)nc2c(-c3ccc(Cl)cc3Cl)nccn12)c1c(CC)nc2c(-c3ccc(Cl)cc3Cl)nccn12. The van der Waals surface area contributed by atoms with Crippen LogP contribution in [-0.2, 0) is 17.6 Å². The first kappa shape index (κ1) is 37.6. The van der Waals surface area contributed by atoms with Gasteiger partial charge in [-0.25, -0.2) is 9.97 Å². The average Bonchev–Trinajstić information content (AvgIpc) is 3.69. The molecule has 2 atom stereocenters. The number of fused-ring (bicyclic) bond motifs is 2. The Hall–Kier alpha value is -3.20. The van der Waals surface area contributed by atoms with Gasteiger partial charge in [0.25, 0.3) is 0 Å². The molecule has 4 aromatic heterocycles. The van der Waals surface area contributed by atoms with Crippen molar-refractivity contribution in [2.75, 3.05) is 13.2 Å². The van der Waals surface area contributed by atoms with E-state index >= 15 is 0 Å². The molecular formula is C40H44Cl4N6O. The topological polar surface area (TPSA) is 69.6 Å². The summed E-state index contributed by atoms with van der Waals surface area (Å²) in [5, 5.41) is 2.30. The van der Waals surface area contributed by atoms with Crippen LogP contribution in [0.5, 0.6) is 0 Å². The van der Waals surface area contributed by atoms with Crippen molar-refractivity contribution in [3.8, 4) is 22.5 Å². The number of aryl methyl sites for hydroxylation is 2. The summed E-state index contributed by atoms with van der Waals surface area (Å²) in [6, 6.07) is 11.0. The lowest BCUT2D eigenvalue weighted by atomic mass is 9.93. The molecule has 51 heavy (non-hydrogen) atoms. The second kappa shape index (κ2) is 17.1. The van der Waals surface area contributed by atoms with Crippen LogP contribution in [0.1, 0.15) is 101 Å². The van der Waals surface area contributed by atoms with E-state index in [4.69, 9.17) is 71.1 Å². The maximum absolute atomic E-state index is 6.62. The highest BCUT2D eigenvalue weighted by Gasteiger charge is 2.25. The van der Waals surface area contributed by atoms with Crippen LogP contribution in [0.2, 0.25) is 20.1 Å². The molecule has 0 N–H and O–H groups in total. The van der Waals surface area contributed by atoms with E-state index in [2.05, 4.69) is 36.5 Å². The molecule has 0 saturated carbocycles. The van der Waals surface area contributed by atoms with Gasteiger partial charge in [-0.1, -0.05) is 86.9 Å². The number of rotatable bonds is 16. The monoisotopic (exact) mass is 764 g/mol. The van der Waals surface area contributed by atoms with Gasteiger partial charge < -0.3 is 13.5 Å². The molecule has 7 nitrogen and oxygen atoms in total. The van der Waals surface area contributed by atoms with E-state index in [-0.39, 0.29) is 0 Å². The van der Waals surface area contributed by atoms with E-state index in [1.165, 1.54) is 11.4 Å². The van der Waals surface area contributed by atoms with E-state index in [1.54, 1.807) is 12.1 Å². The Morgan fingerprint density at radius 3 is 1.41 bits per heavy atom. The fourth-order valence-corrected chi connectivity index (χ4v) is 8.29. The quantitative estimate of drug-likeness (QED) is 0.0918. The molecule has 268 valence electrons. The molecule has 0 amide bonds. The van der Waals surface area contributed by atoms with Crippen LogP contribution in [0.3, 0.4) is 0 Å². The summed E-state index contributed by atoms with van der Waals surface area (Å²) >= 11 is 25.7. The molecule has 0 radical (unpaired) electrons. The number of benzene rings is 2. The minimum absolute atomic E-state index is 0.290. The number of aromatic nitrogens is 6. The number of imidazole rings is 2. The zero-order valence-electron chi connectivity index (χ0n) is 29.6. The average molecular weight is 767 g/mol. The van der Waals surface area contributed by atoms with Gasteiger partial charge in [0.2, 0.25) is 0 Å². The molecule has 6 rings (SSSR count). The molecule has 0 spiro atoms. The Morgan fingerprint density at radius 2 is 1.04 bits per heavy atom. The highest BCUT2D eigenvalue weighted by Crippen LogP contribution is 2.37. The van der Waals surface area contributed by atoms with Crippen LogP contribution in [0.4, 0.5) is 0 Å². The predicted molar refractivity (Wildman–Crippen MR) is 211 cm³/mol. The Bertz CT molecular complexity index is 1980. The van der Waals surface area contributed by atoms with Crippen LogP contribution >= 0.6 is 46.4 Å². The van der Waals surface area contributed by atoms with Crippen molar-refractivity contribution in [2.45, 2.75) is 90.9 Å². The summed E-state index contributed by atoms with van der Waals surface area (Å²) in [6.45, 7) is 10.1. The standard InChI is InChI=1S/C40H44Cl4N6O/c1-5-9-25(37-33(7-3)47-39-35(45-17-19-49(37)39)29-13-11-27(41)23-31(29)43)15-21-51-22-16-26(10-6-2)38-34(8-4)48-40-36(46-18-20-50(38)40)30-14-12-28(42)24-32(30)44/h11-14,17-20,23-26H,5-10,15-16,21-22H2,1-4H3. The Balaban J connectivity index is 1.20. The largest absolute Gasteiger partial charge is 0.381 e. The van der Waals surface area contributed by atoms with Gasteiger partial charge in [0.05, 0.1) is 21.4 Å². The summed E-state index contributed by atoms with van der Waals surface area (Å²) in [5.74, 6) is 0.580. The highest BCUT2D eigenvalue weighted by atomic mass is 35.5. The molecule has 0 bridgehead atoms. The molecule has 2 unspecified atom stereocenters. The van der Waals surface area contributed by atoms with Crippen LogP contribution in [0.25, 0.3) is 33.8 Å². The third kappa shape index (κ3) is 7.93. The molecular weight excluding hydrogens is 722 g/mol. The number of hydrogen-bond donors (Lipinski definition) is 0. The van der Waals surface area contributed by atoms with E-state index in [9.17, 15) is 0 Å². The minimum atomic E-state index is 0.290. The lowest BCUT2D eigenvalue weighted by Gasteiger charge is -2.20. The van der Waals surface area contributed by atoms with Crippen molar-refractivity contribution in [1.29, 1.82) is 0 Å². The smallest absolute Gasteiger partial charge is 0.164 e. The molecule has 0 aliphatic rings. The molecule has 0 fully saturated rings. The first-order valence-corrected chi connectivity index (χ1v) is 19.5. The molecule has 4 heterocycles. The van der Waals surface area contributed by atoms with Crippen LogP contribution in [0.15, 0.2) is 61.2 Å². The first-order valence-electron chi connectivity index (χ1n) is 18.0. The van der Waals surface area contributed by atoms with Gasteiger partial charge in [-0.15, -0.1) is 0 Å². The first-order chi connectivity index (χ1) is 24.8. The van der Waals surface area contributed by atoms with Gasteiger partial charge in [-0.3, -0.25) is 9.97 Å². The summed E-state index contributed by atoms with van der Waals surface area (Å²) in [5.41, 5.74) is 9.43. The van der Waals surface area contributed by atoms with Crippen LogP contribution in [-0.4, -0.2) is 42.0 Å². The van der Waals surface area contributed by atoms with Gasteiger partial charge in [-0.2, -0.15) is 0 Å². The third-order valence-electron chi connectivity index (χ3n) is 9.62. The Kier molecular flexibility index (Phi) is 12.6. The second-order valence-electron chi connectivity index (χ2n) is 12.9. The van der Waals surface area contributed by atoms with Crippen LogP contribution < -0.4 is 0 Å². The number of ether oxygens (including phenoxy) is 1. The number of hydrogen-bond acceptors (Lipinski definition) is 5. The fraction of sp³-hybridized carbons (Fsp3) is 0.400. The van der Waals surface area contributed by atoms with Gasteiger partial charge in [-0.05, 0) is 74.9 Å². The summed E-state index contributed by atoms with van der Waals surface area (Å²) in [4.78, 5) is 19.6. The zero-order chi connectivity index (χ0) is 36.1. The van der Waals surface area contributed by atoms with Crippen molar-refractivity contribution in [2.24, 2.45) is 0 Å². The molecule has 11 heteroatoms. The number of nitrogens with zero attached hydrogens (tertiary/aromatic N) is 6. The van der Waals surface area contributed by atoms with E-state index in [0.29, 0.717) is 45.1 Å². The van der Waals surface area contributed by atoms with Crippen molar-refractivity contribution in [3.05, 3.63) is 104 Å². The third-order valence-corrected chi connectivity index (χ3v) is 10.7. The Labute approximate surface area is 320 Å². The van der Waals surface area contributed by atoms with Gasteiger partial charge >= 0.3 is 0 Å². The van der Waals surface area contributed by atoms with Crippen molar-refractivity contribution in [1.82, 2.24) is 28.7 Å². The van der Waals surface area contributed by atoms with E-state index < -0.39 is 0 Å². The molecule has 0 aliphatic heterocycles. The molecule has 6 aromatic rings. The van der Waals surface area contributed by atoms with E-state index in [0.717, 1.165) is 96.6 Å².